The van der Waals surface area contributed by atoms with E-state index in [-0.39, 0.29) is 5.56 Å². The summed E-state index contributed by atoms with van der Waals surface area (Å²) in [6.45, 7) is 0.463. The fourth-order valence-electron chi connectivity index (χ4n) is 2.13. The highest BCUT2D eigenvalue weighted by atomic mass is 16.5. The quantitative estimate of drug-likeness (QED) is 0.776. The number of aromatic nitrogens is 3. The monoisotopic (exact) mass is 255 g/mol. The summed E-state index contributed by atoms with van der Waals surface area (Å²) in [6.07, 6.45) is 3.45. The highest BCUT2D eigenvalue weighted by Crippen LogP contribution is 2.20. The molecule has 3 aromatic rings. The SMILES string of the molecule is COc1cccc2[nH]n(Cc3cccnc3)c(=O)c12. The number of hydrogen-bond acceptors (Lipinski definition) is 3. The predicted octanol–water partition coefficient (Wildman–Crippen LogP) is 1.78. The van der Waals surface area contributed by atoms with Crippen molar-refractivity contribution in [1.29, 1.82) is 0 Å². The molecule has 1 aromatic carbocycles. The third-order valence-electron chi connectivity index (χ3n) is 3.02. The molecule has 5 heteroatoms. The zero-order valence-electron chi connectivity index (χ0n) is 10.5. The van der Waals surface area contributed by atoms with Crippen LogP contribution in [0.25, 0.3) is 10.9 Å². The second-order valence-electron chi connectivity index (χ2n) is 4.25. The van der Waals surface area contributed by atoms with Crippen molar-refractivity contribution in [2.75, 3.05) is 7.11 Å². The highest BCUT2D eigenvalue weighted by Gasteiger charge is 2.11. The van der Waals surface area contributed by atoms with E-state index in [4.69, 9.17) is 4.74 Å². The molecule has 19 heavy (non-hydrogen) atoms. The van der Waals surface area contributed by atoms with Crippen molar-refractivity contribution >= 4 is 10.9 Å². The van der Waals surface area contributed by atoms with Crippen molar-refractivity contribution in [3.8, 4) is 5.75 Å². The molecule has 0 spiro atoms. The number of fused-ring (bicyclic) bond motifs is 1. The normalized spacial score (nSPS) is 10.8. The molecule has 0 radical (unpaired) electrons. The van der Waals surface area contributed by atoms with E-state index in [1.165, 1.54) is 0 Å². The van der Waals surface area contributed by atoms with E-state index in [0.717, 1.165) is 11.1 Å². The van der Waals surface area contributed by atoms with Crippen LogP contribution in [0.15, 0.2) is 47.5 Å². The van der Waals surface area contributed by atoms with Crippen LogP contribution in [0.4, 0.5) is 0 Å². The number of rotatable bonds is 3. The van der Waals surface area contributed by atoms with E-state index in [2.05, 4.69) is 10.1 Å². The van der Waals surface area contributed by atoms with Gasteiger partial charge < -0.3 is 4.74 Å². The van der Waals surface area contributed by atoms with Crippen molar-refractivity contribution in [3.05, 3.63) is 58.6 Å². The number of benzene rings is 1. The van der Waals surface area contributed by atoms with Crippen LogP contribution in [-0.2, 0) is 6.54 Å². The van der Waals surface area contributed by atoms with Crippen molar-refractivity contribution in [1.82, 2.24) is 14.8 Å². The summed E-state index contributed by atoms with van der Waals surface area (Å²) in [6, 6.07) is 9.28. The molecule has 0 saturated heterocycles. The van der Waals surface area contributed by atoms with Crippen molar-refractivity contribution in [2.24, 2.45) is 0 Å². The van der Waals surface area contributed by atoms with Gasteiger partial charge in [0.15, 0.2) is 0 Å². The maximum absolute atomic E-state index is 12.3. The molecule has 2 aromatic heterocycles. The zero-order chi connectivity index (χ0) is 13.2. The standard InChI is InChI=1S/C14H13N3O2/c1-19-12-6-2-5-11-13(12)14(18)17(16-11)9-10-4-3-7-15-8-10/h2-8,16H,9H2,1H3. The fraction of sp³-hybridized carbons (Fsp3) is 0.143. The molecular weight excluding hydrogens is 242 g/mol. The number of pyridine rings is 1. The van der Waals surface area contributed by atoms with Crippen LogP contribution >= 0.6 is 0 Å². The topological polar surface area (TPSA) is 59.9 Å². The first-order valence-electron chi connectivity index (χ1n) is 5.94. The van der Waals surface area contributed by atoms with Crippen LogP contribution < -0.4 is 10.3 Å². The second-order valence-corrected chi connectivity index (χ2v) is 4.25. The Morgan fingerprint density at radius 3 is 2.95 bits per heavy atom. The Balaban J connectivity index is 2.11. The number of nitrogens with one attached hydrogen (secondary N) is 1. The van der Waals surface area contributed by atoms with E-state index >= 15 is 0 Å². The predicted molar refractivity (Wildman–Crippen MR) is 72.4 cm³/mol. The van der Waals surface area contributed by atoms with Gasteiger partial charge in [-0.25, -0.2) is 4.68 Å². The molecule has 5 nitrogen and oxygen atoms in total. The molecule has 0 aliphatic carbocycles. The van der Waals surface area contributed by atoms with Crippen LogP contribution in [0.1, 0.15) is 5.56 Å². The van der Waals surface area contributed by atoms with E-state index in [9.17, 15) is 4.79 Å². The van der Waals surface area contributed by atoms with Gasteiger partial charge in [0.05, 0.1) is 19.2 Å². The first-order valence-corrected chi connectivity index (χ1v) is 5.94. The Kier molecular flexibility index (Phi) is 2.79. The Morgan fingerprint density at radius 2 is 2.21 bits per heavy atom. The molecule has 0 atom stereocenters. The minimum atomic E-state index is -0.0868. The summed E-state index contributed by atoms with van der Waals surface area (Å²) >= 11 is 0. The molecular formula is C14H13N3O2. The fourth-order valence-corrected chi connectivity index (χ4v) is 2.13. The van der Waals surface area contributed by atoms with Crippen molar-refractivity contribution < 1.29 is 4.74 Å². The number of hydrogen-bond donors (Lipinski definition) is 1. The van der Waals surface area contributed by atoms with Gasteiger partial charge in [0, 0.05) is 12.4 Å². The van der Waals surface area contributed by atoms with Crippen molar-refractivity contribution in [2.45, 2.75) is 6.54 Å². The largest absolute Gasteiger partial charge is 0.496 e. The molecule has 96 valence electrons. The number of ether oxygens (including phenoxy) is 1. The Hall–Kier alpha value is -2.56. The number of methoxy groups -OCH3 is 1. The van der Waals surface area contributed by atoms with Crippen LogP contribution in [0, 0.1) is 0 Å². The summed E-state index contributed by atoms with van der Waals surface area (Å²) in [5.74, 6) is 0.587. The lowest BCUT2D eigenvalue weighted by atomic mass is 10.2. The molecule has 0 saturated carbocycles. The number of nitrogens with zero attached hydrogens (tertiary/aromatic N) is 2. The highest BCUT2D eigenvalue weighted by molar-refractivity contribution is 5.84. The van der Waals surface area contributed by atoms with Gasteiger partial charge in [-0.1, -0.05) is 12.1 Å². The number of aromatic amines is 1. The molecule has 0 amide bonds. The smallest absolute Gasteiger partial charge is 0.278 e. The Morgan fingerprint density at radius 1 is 1.32 bits per heavy atom. The molecule has 2 heterocycles. The third-order valence-corrected chi connectivity index (χ3v) is 3.02. The van der Waals surface area contributed by atoms with E-state index in [0.29, 0.717) is 17.7 Å². The van der Waals surface area contributed by atoms with E-state index in [1.54, 1.807) is 30.3 Å². The van der Waals surface area contributed by atoms with Gasteiger partial charge in [0.1, 0.15) is 11.1 Å². The lowest BCUT2D eigenvalue weighted by molar-refractivity contribution is 0.419. The maximum atomic E-state index is 12.3. The summed E-state index contributed by atoms with van der Waals surface area (Å²) < 4.78 is 6.79. The molecule has 0 aliphatic rings. The zero-order valence-corrected chi connectivity index (χ0v) is 10.5. The summed E-state index contributed by atoms with van der Waals surface area (Å²) in [7, 11) is 1.56. The molecule has 0 aliphatic heterocycles. The van der Waals surface area contributed by atoms with Crippen molar-refractivity contribution in [3.63, 3.8) is 0 Å². The number of H-pyrrole nitrogens is 1. The maximum Gasteiger partial charge on any atom is 0.278 e. The van der Waals surface area contributed by atoms with Gasteiger partial charge in [-0.15, -0.1) is 0 Å². The van der Waals surface area contributed by atoms with Gasteiger partial charge in [0.25, 0.3) is 5.56 Å². The van der Waals surface area contributed by atoms with Crippen LogP contribution in [0.2, 0.25) is 0 Å². The van der Waals surface area contributed by atoms with Gasteiger partial charge in [-0.05, 0) is 23.8 Å². The molecule has 0 bridgehead atoms. The lowest BCUT2D eigenvalue weighted by Crippen LogP contribution is -2.17. The van der Waals surface area contributed by atoms with Crippen LogP contribution in [-0.4, -0.2) is 21.9 Å². The van der Waals surface area contributed by atoms with Gasteiger partial charge in [-0.2, -0.15) is 0 Å². The van der Waals surface area contributed by atoms with E-state index in [1.807, 2.05) is 24.3 Å². The average molecular weight is 255 g/mol. The first kappa shape index (κ1) is 11.5. The lowest BCUT2D eigenvalue weighted by Gasteiger charge is -2.00. The minimum Gasteiger partial charge on any atom is -0.496 e. The van der Waals surface area contributed by atoms with E-state index < -0.39 is 0 Å². The molecule has 1 N–H and O–H groups in total. The average Bonchev–Trinajstić information content (AvgIpc) is 2.77. The third kappa shape index (κ3) is 1.99. The first-order chi connectivity index (χ1) is 9.29. The molecule has 3 rings (SSSR count). The molecule has 0 unspecified atom stereocenters. The Labute approximate surface area is 109 Å². The van der Waals surface area contributed by atoms with Crippen LogP contribution in [0.5, 0.6) is 5.75 Å². The summed E-state index contributed by atoms with van der Waals surface area (Å²) in [5.41, 5.74) is 1.65. The molecule has 0 fully saturated rings. The minimum absolute atomic E-state index is 0.0868. The van der Waals surface area contributed by atoms with Crippen LogP contribution in [0.3, 0.4) is 0 Å². The second kappa shape index (κ2) is 4.61. The van der Waals surface area contributed by atoms with Gasteiger partial charge in [-0.3, -0.25) is 14.9 Å². The summed E-state index contributed by atoms with van der Waals surface area (Å²) in [4.78, 5) is 16.4. The van der Waals surface area contributed by atoms with Gasteiger partial charge in [0.2, 0.25) is 0 Å². The summed E-state index contributed by atoms with van der Waals surface area (Å²) in [5, 5.41) is 3.66. The van der Waals surface area contributed by atoms with Gasteiger partial charge >= 0.3 is 0 Å². The Bertz CT molecular complexity index is 759.